The van der Waals surface area contributed by atoms with Crippen molar-refractivity contribution in [2.24, 2.45) is 0 Å². The first-order valence-electron chi connectivity index (χ1n) is 7.97. The topological polar surface area (TPSA) is 83.1 Å². The monoisotopic (exact) mass is 393 g/mol. The second kappa shape index (κ2) is 9.14. The van der Waals surface area contributed by atoms with Gasteiger partial charge in [-0.2, -0.15) is 0 Å². The Bertz CT molecular complexity index is 839. The Balaban J connectivity index is 2.08. The second-order valence-corrected chi connectivity index (χ2v) is 5.87. The summed E-state index contributed by atoms with van der Waals surface area (Å²) in [5, 5.41) is 2.85. The van der Waals surface area contributed by atoms with Crippen molar-refractivity contribution in [3.8, 4) is 17.2 Å². The van der Waals surface area contributed by atoms with Gasteiger partial charge >= 0.3 is 5.97 Å². The third-order valence-electron chi connectivity index (χ3n) is 3.66. The van der Waals surface area contributed by atoms with Crippen LogP contribution in [0.4, 0.5) is 5.69 Å². The zero-order valence-electron chi connectivity index (χ0n) is 15.4. The van der Waals surface area contributed by atoms with Crippen LogP contribution in [0.2, 0.25) is 5.02 Å². The average molecular weight is 394 g/mol. The maximum absolute atomic E-state index is 12.4. The molecular formula is C19H20ClNO6. The highest BCUT2D eigenvalue weighted by molar-refractivity contribution is 6.32. The molecule has 0 heterocycles. The Morgan fingerprint density at radius 1 is 1.04 bits per heavy atom. The SMILES string of the molecule is COc1cccc(NC(=O)[C@H](C)OC(=O)c2cc(Cl)c(OC)c(OC)c2)c1. The highest BCUT2D eigenvalue weighted by Gasteiger charge is 2.21. The van der Waals surface area contributed by atoms with Gasteiger partial charge in [-0.3, -0.25) is 4.79 Å². The van der Waals surface area contributed by atoms with E-state index in [4.69, 9.17) is 30.5 Å². The number of esters is 1. The minimum Gasteiger partial charge on any atom is -0.497 e. The van der Waals surface area contributed by atoms with Crippen LogP contribution in [-0.2, 0) is 9.53 Å². The van der Waals surface area contributed by atoms with Crippen LogP contribution in [0.15, 0.2) is 36.4 Å². The van der Waals surface area contributed by atoms with Gasteiger partial charge in [0.2, 0.25) is 0 Å². The Hall–Kier alpha value is -2.93. The summed E-state index contributed by atoms with van der Waals surface area (Å²) in [6.07, 6.45) is -1.03. The average Bonchev–Trinajstić information content (AvgIpc) is 2.67. The number of hydrogen-bond donors (Lipinski definition) is 1. The fraction of sp³-hybridized carbons (Fsp3) is 0.263. The minimum atomic E-state index is -1.03. The molecule has 2 rings (SSSR count). The van der Waals surface area contributed by atoms with E-state index in [2.05, 4.69) is 5.32 Å². The lowest BCUT2D eigenvalue weighted by Crippen LogP contribution is -2.30. The molecule has 0 spiro atoms. The Morgan fingerprint density at radius 2 is 1.78 bits per heavy atom. The molecule has 0 aliphatic rings. The van der Waals surface area contributed by atoms with Gasteiger partial charge in [-0.1, -0.05) is 17.7 Å². The van der Waals surface area contributed by atoms with E-state index in [1.165, 1.54) is 40.4 Å². The van der Waals surface area contributed by atoms with Crippen molar-refractivity contribution in [1.82, 2.24) is 0 Å². The van der Waals surface area contributed by atoms with Crippen molar-refractivity contribution in [2.75, 3.05) is 26.6 Å². The van der Waals surface area contributed by atoms with Gasteiger partial charge in [0.05, 0.1) is 31.9 Å². The van der Waals surface area contributed by atoms with E-state index < -0.39 is 18.0 Å². The molecule has 0 saturated heterocycles. The van der Waals surface area contributed by atoms with Gasteiger partial charge in [0, 0.05) is 11.8 Å². The van der Waals surface area contributed by atoms with Gasteiger partial charge in [0.25, 0.3) is 5.91 Å². The molecule has 0 aliphatic heterocycles. The molecule has 0 saturated carbocycles. The zero-order chi connectivity index (χ0) is 20.0. The summed E-state index contributed by atoms with van der Waals surface area (Å²) in [4.78, 5) is 24.6. The van der Waals surface area contributed by atoms with E-state index in [9.17, 15) is 9.59 Å². The first-order chi connectivity index (χ1) is 12.9. The molecular weight excluding hydrogens is 374 g/mol. The van der Waals surface area contributed by atoms with Crippen LogP contribution in [0.1, 0.15) is 17.3 Å². The molecule has 1 amide bonds. The molecule has 7 nitrogen and oxygen atoms in total. The number of methoxy groups -OCH3 is 3. The second-order valence-electron chi connectivity index (χ2n) is 5.46. The maximum Gasteiger partial charge on any atom is 0.339 e. The van der Waals surface area contributed by atoms with Gasteiger partial charge in [0.1, 0.15) is 5.75 Å². The maximum atomic E-state index is 12.4. The molecule has 2 aromatic rings. The van der Waals surface area contributed by atoms with Crippen LogP contribution in [0.25, 0.3) is 0 Å². The number of hydrogen-bond acceptors (Lipinski definition) is 6. The number of carbonyl (C=O) groups excluding carboxylic acids is 2. The normalized spacial score (nSPS) is 11.3. The Labute approximate surface area is 162 Å². The molecule has 0 radical (unpaired) electrons. The predicted octanol–water partition coefficient (Wildman–Crippen LogP) is 3.55. The molecule has 2 aromatic carbocycles. The van der Waals surface area contributed by atoms with E-state index in [-0.39, 0.29) is 16.3 Å². The number of halogens is 1. The number of anilines is 1. The summed E-state index contributed by atoms with van der Waals surface area (Å²) in [6.45, 7) is 1.47. The summed E-state index contributed by atoms with van der Waals surface area (Å²) in [5.41, 5.74) is 0.662. The molecule has 1 N–H and O–H groups in total. The molecule has 0 fully saturated rings. The third kappa shape index (κ3) is 5.04. The van der Waals surface area contributed by atoms with E-state index in [0.29, 0.717) is 17.2 Å². The van der Waals surface area contributed by atoms with Crippen molar-refractivity contribution < 1.29 is 28.5 Å². The fourth-order valence-electron chi connectivity index (χ4n) is 2.26. The molecule has 27 heavy (non-hydrogen) atoms. The van der Waals surface area contributed by atoms with Crippen LogP contribution in [0.3, 0.4) is 0 Å². The van der Waals surface area contributed by atoms with Gasteiger partial charge in [-0.05, 0) is 31.2 Å². The first kappa shape index (κ1) is 20.4. The summed E-state index contributed by atoms with van der Waals surface area (Å²) >= 11 is 6.09. The van der Waals surface area contributed by atoms with E-state index >= 15 is 0 Å². The first-order valence-corrected chi connectivity index (χ1v) is 8.34. The molecule has 0 aliphatic carbocycles. The lowest BCUT2D eigenvalue weighted by atomic mass is 10.2. The molecule has 1 atom stereocenters. The van der Waals surface area contributed by atoms with Crippen LogP contribution in [0.5, 0.6) is 17.2 Å². The number of ether oxygens (including phenoxy) is 4. The number of nitrogens with one attached hydrogen (secondary N) is 1. The number of rotatable bonds is 7. The molecule has 0 aromatic heterocycles. The van der Waals surface area contributed by atoms with Crippen molar-refractivity contribution in [3.05, 3.63) is 47.0 Å². The van der Waals surface area contributed by atoms with E-state index in [0.717, 1.165) is 0 Å². The summed E-state index contributed by atoms with van der Waals surface area (Å²) in [6, 6.07) is 9.65. The number of amides is 1. The predicted molar refractivity (Wildman–Crippen MR) is 101 cm³/mol. The lowest BCUT2D eigenvalue weighted by molar-refractivity contribution is -0.123. The van der Waals surface area contributed by atoms with Crippen LogP contribution >= 0.6 is 11.6 Å². The summed E-state index contributed by atoms with van der Waals surface area (Å²) in [5.74, 6) is -0.0169. The zero-order valence-corrected chi connectivity index (χ0v) is 16.1. The smallest absolute Gasteiger partial charge is 0.339 e. The van der Waals surface area contributed by atoms with Crippen molar-refractivity contribution in [2.45, 2.75) is 13.0 Å². The highest BCUT2D eigenvalue weighted by Crippen LogP contribution is 2.36. The molecule has 0 unspecified atom stereocenters. The molecule has 8 heteroatoms. The van der Waals surface area contributed by atoms with Gasteiger partial charge in [-0.15, -0.1) is 0 Å². The Morgan fingerprint density at radius 3 is 2.41 bits per heavy atom. The van der Waals surface area contributed by atoms with Crippen LogP contribution < -0.4 is 19.5 Å². The third-order valence-corrected chi connectivity index (χ3v) is 3.94. The van der Waals surface area contributed by atoms with Crippen LogP contribution in [0, 0.1) is 0 Å². The van der Waals surface area contributed by atoms with Crippen LogP contribution in [-0.4, -0.2) is 39.3 Å². The standard InChI is InChI=1S/C19H20ClNO6/c1-11(18(22)21-13-6-5-7-14(10-13)24-2)27-19(23)12-8-15(20)17(26-4)16(9-12)25-3/h5-11H,1-4H3,(H,21,22)/t11-/m0/s1. The number of carbonyl (C=O) groups is 2. The lowest BCUT2D eigenvalue weighted by Gasteiger charge is -2.15. The largest absolute Gasteiger partial charge is 0.497 e. The Kier molecular flexibility index (Phi) is 6.90. The number of benzene rings is 2. The molecule has 0 bridgehead atoms. The van der Waals surface area contributed by atoms with Crippen molar-refractivity contribution in [1.29, 1.82) is 0 Å². The van der Waals surface area contributed by atoms with Crippen molar-refractivity contribution >= 4 is 29.2 Å². The molecule has 144 valence electrons. The van der Waals surface area contributed by atoms with Gasteiger partial charge in [-0.25, -0.2) is 4.79 Å². The van der Waals surface area contributed by atoms with Gasteiger partial charge in [0.15, 0.2) is 17.6 Å². The van der Waals surface area contributed by atoms with E-state index in [1.54, 1.807) is 24.3 Å². The summed E-state index contributed by atoms with van der Waals surface area (Å²) in [7, 11) is 4.39. The highest BCUT2D eigenvalue weighted by atomic mass is 35.5. The quantitative estimate of drug-likeness (QED) is 0.724. The van der Waals surface area contributed by atoms with E-state index in [1.807, 2.05) is 0 Å². The minimum absolute atomic E-state index is 0.138. The van der Waals surface area contributed by atoms with Gasteiger partial charge < -0.3 is 24.3 Å². The summed E-state index contributed by atoms with van der Waals surface area (Å²) < 4.78 is 20.6. The fourth-order valence-corrected chi connectivity index (χ4v) is 2.55. The van der Waals surface area contributed by atoms with Crippen molar-refractivity contribution in [3.63, 3.8) is 0 Å².